The van der Waals surface area contributed by atoms with E-state index in [4.69, 9.17) is 11.5 Å². The highest BCUT2D eigenvalue weighted by Gasteiger charge is 2.08. The van der Waals surface area contributed by atoms with Crippen LogP contribution in [-0.2, 0) is 0 Å². The van der Waals surface area contributed by atoms with Crippen LogP contribution in [0.4, 0.5) is 5.82 Å². The largest absolute Gasteiger partial charge is 0.383 e. The van der Waals surface area contributed by atoms with Crippen LogP contribution in [0.5, 0.6) is 0 Å². The zero-order valence-electron chi connectivity index (χ0n) is 7.27. The number of nitrogen functional groups attached to an aromatic ring is 1. The van der Waals surface area contributed by atoms with Crippen LogP contribution < -0.4 is 11.5 Å². The number of nitrogens with two attached hydrogens (primary N) is 2. The highest BCUT2D eigenvalue weighted by molar-refractivity contribution is 5.94. The minimum Gasteiger partial charge on any atom is -0.383 e. The molecule has 0 aliphatic rings. The monoisotopic (exact) mass is 188 g/mol. The Morgan fingerprint density at radius 3 is 2.64 bits per heavy atom. The minimum absolute atomic E-state index is 0.0544. The van der Waals surface area contributed by atoms with Gasteiger partial charge >= 0.3 is 0 Å². The van der Waals surface area contributed by atoms with Gasteiger partial charge in [-0.25, -0.2) is 9.97 Å². The average Bonchev–Trinajstić information content (AvgIpc) is 2.17. The van der Waals surface area contributed by atoms with Crippen LogP contribution in [0.25, 0.3) is 10.9 Å². The van der Waals surface area contributed by atoms with Crippen LogP contribution in [0.1, 0.15) is 10.6 Å². The molecule has 5 heteroatoms. The van der Waals surface area contributed by atoms with E-state index in [1.165, 1.54) is 0 Å². The van der Waals surface area contributed by atoms with Crippen LogP contribution in [0.3, 0.4) is 0 Å². The quantitative estimate of drug-likeness (QED) is 0.673. The number of rotatable bonds is 1. The summed E-state index contributed by atoms with van der Waals surface area (Å²) in [5.74, 6) is -0.465. The van der Waals surface area contributed by atoms with Gasteiger partial charge in [0.15, 0.2) is 0 Å². The number of hydrogen-bond donors (Lipinski definition) is 2. The molecule has 0 bridgehead atoms. The first-order valence-electron chi connectivity index (χ1n) is 4.00. The van der Waals surface area contributed by atoms with Gasteiger partial charge in [-0.05, 0) is 12.1 Å². The predicted molar refractivity (Wildman–Crippen MR) is 52.5 cm³/mol. The van der Waals surface area contributed by atoms with E-state index in [9.17, 15) is 4.79 Å². The summed E-state index contributed by atoms with van der Waals surface area (Å²) in [5.41, 5.74) is 11.3. The number of aromatic nitrogens is 2. The smallest absolute Gasteiger partial charge is 0.286 e. The third kappa shape index (κ3) is 1.24. The Kier molecular flexibility index (Phi) is 1.78. The van der Waals surface area contributed by atoms with Gasteiger partial charge in [-0.1, -0.05) is 12.1 Å². The molecule has 1 heterocycles. The summed E-state index contributed by atoms with van der Waals surface area (Å²) in [4.78, 5) is 18.6. The third-order valence-corrected chi connectivity index (χ3v) is 1.85. The van der Waals surface area contributed by atoms with Crippen LogP contribution >= 0.6 is 0 Å². The molecule has 0 saturated heterocycles. The Bertz CT molecular complexity index is 509. The van der Waals surface area contributed by atoms with E-state index in [1.54, 1.807) is 18.2 Å². The molecule has 1 amide bonds. The van der Waals surface area contributed by atoms with E-state index < -0.39 is 5.91 Å². The standard InChI is InChI=1S/C9H8N4O/c10-7-5-3-1-2-4-6(5)12-9(13-7)8(11)14/h1-4H,(H2,11,14)(H2,10,12,13). The number of nitrogens with zero attached hydrogens (tertiary/aromatic N) is 2. The third-order valence-electron chi connectivity index (χ3n) is 1.85. The lowest BCUT2D eigenvalue weighted by Gasteiger charge is -2.01. The Morgan fingerprint density at radius 2 is 1.93 bits per heavy atom. The lowest BCUT2D eigenvalue weighted by molar-refractivity contribution is 0.0991. The number of para-hydroxylation sites is 1. The second kappa shape index (κ2) is 2.95. The van der Waals surface area contributed by atoms with Crippen LogP contribution in [0.15, 0.2) is 24.3 Å². The molecule has 70 valence electrons. The molecule has 1 aromatic carbocycles. The van der Waals surface area contributed by atoms with Gasteiger partial charge in [-0.3, -0.25) is 4.79 Å². The van der Waals surface area contributed by atoms with Crippen molar-refractivity contribution in [3.63, 3.8) is 0 Å². The number of fused-ring (bicyclic) bond motifs is 1. The molecule has 2 aromatic rings. The van der Waals surface area contributed by atoms with Crippen LogP contribution in [0.2, 0.25) is 0 Å². The van der Waals surface area contributed by atoms with Crippen molar-refractivity contribution in [1.29, 1.82) is 0 Å². The van der Waals surface area contributed by atoms with Crippen molar-refractivity contribution in [3.05, 3.63) is 30.1 Å². The van der Waals surface area contributed by atoms with Crippen molar-refractivity contribution in [3.8, 4) is 0 Å². The number of anilines is 1. The Balaban J connectivity index is 2.78. The number of carbonyl (C=O) groups excluding carboxylic acids is 1. The first-order valence-corrected chi connectivity index (χ1v) is 4.00. The molecule has 0 atom stereocenters. The van der Waals surface area contributed by atoms with Gasteiger partial charge in [0.05, 0.1) is 5.52 Å². The number of hydrogen-bond acceptors (Lipinski definition) is 4. The van der Waals surface area contributed by atoms with Gasteiger partial charge < -0.3 is 11.5 Å². The maximum atomic E-state index is 10.8. The lowest BCUT2D eigenvalue weighted by atomic mass is 10.2. The topological polar surface area (TPSA) is 94.9 Å². The lowest BCUT2D eigenvalue weighted by Crippen LogP contribution is -2.16. The number of carbonyl (C=O) groups is 1. The second-order valence-corrected chi connectivity index (χ2v) is 2.81. The summed E-state index contributed by atoms with van der Waals surface area (Å²) in [6, 6.07) is 7.17. The van der Waals surface area contributed by atoms with Crippen molar-refractivity contribution in [2.24, 2.45) is 5.73 Å². The molecule has 2 rings (SSSR count). The van der Waals surface area contributed by atoms with Gasteiger partial charge in [-0.2, -0.15) is 0 Å². The fraction of sp³-hybridized carbons (Fsp3) is 0. The summed E-state index contributed by atoms with van der Waals surface area (Å²) >= 11 is 0. The Labute approximate surface area is 79.8 Å². The van der Waals surface area contributed by atoms with Crippen molar-refractivity contribution in [2.75, 3.05) is 5.73 Å². The number of benzene rings is 1. The molecule has 14 heavy (non-hydrogen) atoms. The summed E-state index contributed by atoms with van der Waals surface area (Å²) in [5, 5.41) is 0.720. The maximum absolute atomic E-state index is 10.8. The molecule has 0 saturated carbocycles. The van der Waals surface area contributed by atoms with E-state index in [0.29, 0.717) is 5.52 Å². The Morgan fingerprint density at radius 1 is 1.21 bits per heavy atom. The molecule has 0 fully saturated rings. The van der Waals surface area contributed by atoms with Gasteiger partial charge in [0.2, 0.25) is 5.82 Å². The SMILES string of the molecule is NC(=O)c1nc(N)c2ccccc2n1. The molecule has 5 nitrogen and oxygen atoms in total. The maximum Gasteiger partial charge on any atom is 0.286 e. The van der Waals surface area contributed by atoms with E-state index >= 15 is 0 Å². The fourth-order valence-electron chi connectivity index (χ4n) is 1.21. The van der Waals surface area contributed by atoms with Gasteiger partial charge in [0.1, 0.15) is 5.82 Å². The van der Waals surface area contributed by atoms with Crippen molar-refractivity contribution >= 4 is 22.6 Å². The number of amides is 1. The van der Waals surface area contributed by atoms with Crippen LogP contribution in [0, 0.1) is 0 Å². The molecule has 4 N–H and O–H groups in total. The van der Waals surface area contributed by atoms with E-state index in [0.717, 1.165) is 5.39 Å². The normalized spacial score (nSPS) is 10.3. The molecule has 0 unspecified atom stereocenters. The summed E-state index contributed by atoms with van der Waals surface area (Å²) in [6.45, 7) is 0. The fourth-order valence-corrected chi connectivity index (χ4v) is 1.21. The molecule has 0 radical (unpaired) electrons. The molecule has 0 spiro atoms. The van der Waals surface area contributed by atoms with Gasteiger partial charge in [-0.15, -0.1) is 0 Å². The highest BCUT2D eigenvalue weighted by atomic mass is 16.1. The molecular weight excluding hydrogens is 180 g/mol. The first kappa shape index (κ1) is 8.43. The zero-order chi connectivity index (χ0) is 10.1. The van der Waals surface area contributed by atoms with Crippen LogP contribution in [-0.4, -0.2) is 15.9 Å². The minimum atomic E-state index is -0.678. The molecule has 0 aliphatic heterocycles. The Hall–Kier alpha value is -2.17. The number of primary amides is 1. The van der Waals surface area contributed by atoms with E-state index in [2.05, 4.69) is 9.97 Å². The van der Waals surface area contributed by atoms with Crippen molar-refractivity contribution in [2.45, 2.75) is 0 Å². The van der Waals surface area contributed by atoms with E-state index in [-0.39, 0.29) is 11.6 Å². The highest BCUT2D eigenvalue weighted by Crippen LogP contribution is 2.16. The summed E-state index contributed by atoms with van der Waals surface area (Å²) in [7, 11) is 0. The summed E-state index contributed by atoms with van der Waals surface area (Å²) < 4.78 is 0. The van der Waals surface area contributed by atoms with Crippen molar-refractivity contribution in [1.82, 2.24) is 9.97 Å². The zero-order valence-corrected chi connectivity index (χ0v) is 7.27. The predicted octanol–water partition coefficient (Wildman–Crippen LogP) is 0.311. The van der Waals surface area contributed by atoms with Gasteiger partial charge in [0.25, 0.3) is 5.91 Å². The van der Waals surface area contributed by atoms with Gasteiger partial charge in [0, 0.05) is 5.39 Å². The summed E-state index contributed by atoms with van der Waals surface area (Å²) in [6.07, 6.45) is 0. The molecular formula is C9H8N4O. The van der Waals surface area contributed by atoms with Crippen molar-refractivity contribution < 1.29 is 4.79 Å². The average molecular weight is 188 g/mol. The molecule has 0 aliphatic carbocycles. The second-order valence-electron chi connectivity index (χ2n) is 2.81. The first-order chi connectivity index (χ1) is 6.68. The molecule has 1 aromatic heterocycles. The van der Waals surface area contributed by atoms with E-state index in [1.807, 2.05) is 6.07 Å².